The third kappa shape index (κ3) is 2.21. The molecule has 0 aliphatic carbocycles. The fourth-order valence-corrected chi connectivity index (χ4v) is 3.65. The van der Waals surface area contributed by atoms with Crippen molar-refractivity contribution < 1.29 is 18.6 Å². The summed E-state index contributed by atoms with van der Waals surface area (Å²) in [5, 5.41) is 18.1. The number of rotatable bonds is 3. The van der Waals surface area contributed by atoms with Gasteiger partial charge in [-0.1, -0.05) is 6.92 Å². The van der Waals surface area contributed by atoms with Crippen molar-refractivity contribution in [3.63, 3.8) is 0 Å². The Morgan fingerprint density at radius 1 is 1.38 bits per heavy atom. The lowest BCUT2D eigenvalue weighted by Crippen LogP contribution is -2.35. The third-order valence-electron chi connectivity index (χ3n) is 2.94. The van der Waals surface area contributed by atoms with Crippen molar-refractivity contribution in [1.29, 1.82) is 0 Å². The highest BCUT2D eigenvalue weighted by Crippen LogP contribution is 2.34. The summed E-state index contributed by atoms with van der Waals surface area (Å²) in [7, 11) is -2.92. The Hall–Kier alpha value is -0.130. The summed E-state index contributed by atoms with van der Waals surface area (Å²) in [6.07, 6.45) is 0.556. The molecule has 1 atom stereocenters. The summed E-state index contributed by atoms with van der Waals surface area (Å²) < 4.78 is 22.3. The van der Waals surface area contributed by atoms with E-state index in [9.17, 15) is 8.42 Å². The van der Waals surface area contributed by atoms with E-state index in [0.29, 0.717) is 6.42 Å². The molecule has 0 amide bonds. The minimum Gasteiger partial charge on any atom is -0.396 e. The molecule has 13 heavy (non-hydrogen) atoms. The number of aliphatic hydroxyl groups excluding tert-OH is 2. The van der Waals surface area contributed by atoms with E-state index >= 15 is 0 Å². The molecule has 2 N–H and O–H groups in total. The first-order valence-corrected chi connectivity index (χ1v) is 6.18. The van der Waals surface area contributed by atoms with Crippen molar-refractivity contribution in [2.45, 2.75) is 13.3 Å². The van der Waals surface area contributed by atoms with Crippen LogP contribution in [0.3, 0.4) is 0 Å². The van der Waals surface area contributed by atoms with Gasteiger partial charge in [0.15, 0.2) is 9.84 Å². The van der Waals surface area contributed by atoms with E-state index in [0.717, 1.165) is 0 Å². The molecule has 0 bridgehead atoms. The van der Waals surface area contributed by atoms with Crippen LogP contribution in [0.1, 0.15) is 13.3 Å². The fourth-order valence-electron chi connectivity index (χ4n) is 1.65. The first kappa shape index (κ1) is 10.9. The Bertz CT molecular complexity index is 266. The van der Waals surface area contributed by atoms with Crippen molar-refractivity contribution in [3.05, 3.63) is 0 Å². The Morgan fingerprint density at radius 3 is 2.23 bits per heavy atom. The maximum atomic E-state index is 11.2. The average Bonchev–Trinajstić information content (AvgIpc) is 2.45. The number of hydrogen-bond donors (Lipinski definition) is 2. The molecule has 0 aromatic heterocycles. The van der Waals surface area contributed by atoms with E-state index in [1.54, 1.807) is 6.92 Å². The molecule has 0 aromatic rings. The van der Waals surface area contributed by atoms with E-state index in [1.807, 2.05) is 0 Å². The molecule has 78 valence electrons. The van der Waals surface area contributed by atoms with Crippen LogP contribution in [0, 0.1) is 11.3 Å². The molecule has 1 aliphatic heterocycles. The second kappa shape index (κ2) is 3.55. The van der Waals surface area contributed by atoms with E-state index in [4.69, 9.17) is 10.2 Å². The lowest BCUT2D eigenvalue weighted by atomic mass is 9.78. The molecule has 5 heteroatoms. The number of sulfone groups is 1. The lowest BCUT2D eigenvalue weighted by Gasteiger charge is -2.30. The molecule has 0 radical (unpaired) electrons. The summed E-state index contributed by atoms with van der Waals surface area (Å²) in [5.74, 6) is 0.185. The molecule has 0 spiro atoms. The maximum Gasteiger partial charge on any atom is 0.150 e. The highest BCUT2D eigenvalue weighted by atomic mass is 32.2. The average molecular weight is 208 g/mol. The fraction of sp³-hybridized carbons (Fsp3) is 1.00. The normalized spacial score (nSPS) is 27.8. The minimum absolute atomic E-state index is 0.102. The van der Waals surface area contributed by atoms with Crippen LogP contribution in [0.5, 0.6) is 0 Å². The van der Waals surface area contributed by atoms with E-state index in [2.05, 4.69) is 0 Å². The Labute approximate surface area is 78.5 Å². The summed E-state index contributed by atoms with van der Waals surface area (Å²) in [5.41, 5.74) is -0.649. The third-order valence-corrected chi connectivity index (χ3v) is 4.71. The van der Waals surface area contributed by atoms with E-state index < -0.39 is 15.3 Å². The van der Waals surface area contributed by atoms with Crippen LogP contribution in [-0.4, -0.2) is 43.4 Å². The van der Waals surface area contributed by atoms with Crippen molar-refractivity contribution >= 4 is 9.84 Å². The van der Waals surface area contributed by atoms with Crippen molar-refractivity contribution in [2.24, 2.45) is 11.3 Å². The summed E-state index contributed by atoms with van der Waals surface area (Å²) in [4.78, 5) is 0. The van der Waals surface area contributed by atoms with Crippen LogP contribution >= 0.6 is 0 Å². The Kier molecular flexibility index (Phi) is 2.99. The highest BCUT2D eigenvalue weighted by Gasteiger charge is 2.40. The smallest absolute Gasteiger partial charge is 0.150 e. The standard InChI is InChI=1S/C8H16O4S/c1-8(5-9,6-10)7-2-3-13(11,12)4-7/h7,9-10H,2-6H2,1H3. The van der Waals surface area contributed by atoms with Crippen LogP contribution in [0.15, 0.2) is 0 Å². The molecule has 1 rings (SSSR count). The van der Waals surface area contributed by atoms with Crippen molar-refractivity contribution in [2.75, 3.05) is 24.7 Å². The Balaban J connectivity index is 2.75. The molecule has 1 fully saturated rings. The zero-order valence-electron chi connectivity index (χ0n) is 7.73. The SMILES string of the molecule is CC(CO)(CO)C1CCS(=O)(=O)C1. The van der Waals surface area contributed by atoms with Crippen LogP contribution in [0.25, 0.3) is 0 Å². The van der Waals surface area contributed by atoms with Gasteiger partial charge in [0, 0.05) is 5.41 Å². The van der Waals surface area contributed by atoms with Gasteiger partial charge in [-0.3, -0.25) is 0 Å². The zero-order chi connectivity index (χ0) is 10.1. The first-order chi connectivity index (χ1) is 5.93. The highest BCUT2D eigenvalue weighted by molar-refractivity contribution is 7.91. The number of aliphatic hydroxyl groups is 2. The van der Waals surface area contributed by atoms with Crippen LogP contribution < -0.4 is 0 Å². The minimum atomic E-state index is -2.92. The molecule has 4 nitrogen and oxygen atoms in total. The van der Waals surface area contributed by atoms with Gasteiger partial charge in [-0.25, -0.2) is 8.42 Å². The van der Waals surface area contributed by atoms with Gasteiger partial charge in [0.25, 0.3) is 0 Å². The first-order valence-electron chi connectivity index (χ1n) is 4.36. The predicted octanol–water partition coefficient (Wildman–Crippen LogP) is -0.588. The van der Waals surface area contributed by atoms with Crippen LogP contribution in [0.2, 0.25) is 0 Å². The molecule has 1 aliphatic rings. The van der Waals surface area contributed by atoms with Crippen LogP contribution in [0.4, 0.5) is 0 Å². The van der Waals surface area contributed by atoms with Gasteiger partial charge in [-0.2, -0.15) is 0 Å². The lowest BCUT2D eigenvalue weighted by molar-refractivity contribution is 0.0282. The number of hydrogen-bond acceptors (Lipinski definition) is 4. The summed E-state index contributed by atoms with van der Waals surface area (Å²) in [6, 6.07) is 0. The quantitative estimate of drug-likeness (QED) is 0.650. The summed E-state index contributed by atoms with van der Waals surface area (Å²) >= 11 is 0. The molecular weight excluding hydrogens is 192 g/mol. The van der Waals surface area contributed by atoms with E-state index in [1.165, 1.54) is 0 Å². The molecular formula is C8H16O4S. The van der Waals surface area contributed by atoms with Crippen LogP contribution in [-0.2, 0) is 9.84 Å². The van der Waals surface area contributed by atoms with Gasteiger partial charge in [0.1, 0.15) is 0 Å². The topological polar surface area (TPSA) is 74.6 Å². The van der Waals surface area contributed by atoms with Crippen molar-refractivity contribution in [3.8, 4) is 0 Å². The van der Waals surface area contributed by atoms with Gasteiger partial charge in [-0.15, -0.1) is 0 Å². The van der Waals surface area contributed by atoms with Gasteiger partial charge in [0.2, 0.25) is 0 Å². The monoisotopic (exact) mass is 208 g/mol. The summed E-state index contributed by atoms with van der Waals surface area (Å²) in [6.45, 7) is 1.39. The van der Waals surface area contributed by atoms with Gasteiger partial charge < -0.3 is 10.2 Å². The largest absolute Gasteiger partial charge is 0.396 e. The molecule has 0 aromatic carbocycles. The van der Waals surface area contributed by atoms with E-state index in [-0.39, 0.29) is 30.6 Å². The molecule has 1 unspecified atom stereocenters. The molecule has 1 saturated heterocycles. The zero-order valence-corrected chi connectivity index (χ0v) is 8.55. The van der Waals surface area contributed by atoms with Gasteiger partial charge in [0.05, 0.1) is 24.7 Å². The maximum absolute atomic E-state index is 11.2. The Morgan fingerprint density at radius 2 is 1.92 bits per heavy atom. The predicted molar refractivity (Wildman–Crippen MR) is 49.0 cm³/mol. The molecule has 1 heterocycles. The van der Waals surface area contributed by atoms with Gasteiger partial charge in [-0.05, 0) is 12.3 Å². The second-order valence-corrected chi connectivity index (χ2v) is 6.30. The van der Waals surface area contributed by atoms with Gasteiger partial charge >= 0.3 is 0 Å². The molecule has 0 saturated carbocycles. The second-order valence-electron chi connectivity index (χ2n) is 4.07. The van der Waals surface area contributed by atoms with Crippen molar-refractivity contribution in [1.82, 2.24) is 0 Å².